The number of hydrogen-bond donors (Lipinski definition) is 1. The Balaban J connectivity index is 1.84. The lowest BCUT2D eigenvalue weighted by atomic mass is 10.2. The second-order valence-corrected chi connectivity index (χ2v) is 4.11. The molecule has 14 heavy (non-hydrogen) atoms. The van der Waals surface area contributed by atoms with E-state index in [-0.39, 0.29) is 0 Å². The fourth-order valence-corrected chi connectivity index (χ4v) is 1.62. The molecule has 1 saturated carbocycles. The van der Waals surface area contributed by atoms with Gasteiger partial charge in [-0.25, -0.2) is 0 Å². The van der Waals surface area contributed by atoms with E-state index < -0.39 is 0 Å². The van der Waals surface area contributed by atoms with Crippen molar-refractivity contribution in [2.45, 2.75) is 38.5 Å². The molecule has 1 heterocycles. The van der Waals surface area contributed by atoms with Crippen LogP contribution in [0.5, 0.6) is 0 Å². The molecule has 1 fully saturated rings. The van der Waals surface area contributed by atoms with Crippen LogP contribution in [0.3, 0.4) is 0 Å². The monoisotopic (exact) mass is 195 g/mol. The van der Waals surface area contributed by atoms with Crippen LogP contribution in [0, 0.1) is 5.92 Å². The lowest BCUT2D eigenvalue weighted by Crippen LogP contribution is -1.99. The number of nitrogens with two attached hydrogens (primary N) is 1. The molecule has 0 spiro atoms. The summed E-state index contributed by atoms with van der Waals surface area (Å²) in [6.07, 6.45) is 4.14. The second kappa shape index (κ2) is 4.09. The summed E-state index contributed by atoms with van der Waals surface area (Å²) in [6, 6.07) is 0. The Bertz CT molecular complexity index is 297. The second-order valence-electron chi connectivity index (χ2n) is 4.11. The van der Waals surface area contributed by atoms with Gasteiger partial charge in [-0.3, -0.25) is 0 Å². The third-order valence-corrected chi connectivity index (χ3v) is 2.77. The minimum atomic E-state index is 0.557. The summed E-state index contributed by atoms with van der Waals surface area (Å²) in [5.74, 6) is 2.97. The van der Waals surface area contributed by atoms with Gasteiger partial charge in [0, 0.05) is 12.3 Å². The highest BCUT2D eigenvalue weighted by Crippen LogP contribution is 2.45. The van der Waals surface area contributed by atoms with Crippen molar-refractivity contribution >= 4 is 0 Å². The Hall–Kier alpha value is -0.900. The summed E-state index contributed by atoms with van der Waals surface area (Å²) in [5.41, 5.74) is 5.41. The first-order chi connectivity index (χ1) is 6.81. The van der Waals surface area contributed by atoms with Gasteiger partial charge in [-0.2, -0.15) is 4.98 Å². The maximum Gasteiger partial charge on any atom is 0.226 e. The fourth-order valence-electron chi connectivity index (χ4n) is 1.62. The summed E-state index contributed by atoms with van der Waals surface area (Å²) >= 11 is 0. The molecule has 4 nitrogen and oxygen atoms in total. The van der Waals surface area contributed by atoms with Crippen LogP contribution in [-0.4, -0.2) is 16.7 Å². The summed E-state index contributed by atoms with van der Waals surface area (Å²) in [5, 5.41) is 3.99. The van der Waals surface area contributed by atoms with Gasteiger partial charge in [0.05, 0.1) is 0 Å². The molecule has 0 amide bonds. The molecule has 0 bridgehead atoms. The summed E-state index contributed by atoms with van der Waals surface area (Å²) in [4.78, 5) is 4.38. The van der Waals surface area contributed by atoms with Crippen molar-refractivity contribution in [2.24, 2.45) is 11.7 Å². The molecule has 1 aromatic rings. The molecule has 0 saturated heterocycles. The van der Waals surface area contributed by atoms with Gasteiger partial charge in [-0.05, 0) is 31.7 Å². The zero-order valence-corrected chi connectivity index (χ0v) is 8.57. The van der Waals surface area contributed by atoms with E-state index in [1.54, 1.807) is 0 Å². The third-order valence-electron chi connectivity index (χ3n) is 2.77. The van der Waals surface area contributed by atoms with E-state index in [0.717, 1.165) is 43.4 Å². The maximum absolute atomic E-state index is 5.41. The number of nitrogens with zero attached hydrogens (tertiary/aromatic N) is 2. The molecule has 2 rings (SSSR count). The first-order valence-corrected chi connectivity index (χ1v) is 5.34. The molecule has 78 valence electrons. The highest BCUT2D eigenvalue weighted by molar-refractivity contribution is 5.07. The van der Waals surface area contributed by atoms with Crippen molar-refractivity contribution in [3.8, 4) is 0 Å². The van der Waals surface area contributed by atoms with Crippen LogP contribution in [0.2, 0.25) is 0 Å². The van der Waals surface area contributed by atoms with Crippen molar-refractivity contribution < 1.29 is 4.52 Å². The van der Waals surface area contributed by atoms with E-state index >= 15 is 0 Å². The lowest BCUT2D eigenvalue weighted by Gasteiger charge is -1.91. The van der Waals surface area contributed by atoms with Crippen molar-refractivity contribution in [1.82, 2.24) is 10.1 Å². The van der Waals surface area contributed by atoms with E-state index in [2.05, 4.69) is 17.1 Å². The molecule has 1 aliphatic carbocycles. The summed E-state index contributed by atoms with van der Waals surface area (Å²) in [6.45, 7) is 2.95. The topological polar surface area (TPSA) is 64.9 Å². The van der Waals surface area contributed by atoms with Crippen LogP contribution in [0.1, 0.15) is 43.8 Å². The fraction of sp³-hybridized carbons (Fsp3) is 0.800. The molecule has 4 heteroatoms. The Kier molecular flexibility index (Phi) is 2.82. The largest absolute Gasteiger partial charge is 0.339 e. The van der Waals surface area contributed by atoms with E-state index in [0.29, 0.717) is 5.92 Å². The van der Waals surface area contributed by atoms with Gasteiger partial charge >= 0.3 is 0 Å². The minimum Gasteiger partial charge on any atom is -0.339 e. The predicted octanol–water partition coefficient (Wildman–Crippen LogP) is 1.47. The summed E-state index contributed by atoms with van der Waals surface area (Å²) < 4.78 is 5.16. The van der Waals surface area contributed by atoms with Crippen LogP contribution in [-0.2, 0) is 6.42 Å². The molecular formula is C10H17N3O. The third kappa shape index (κ3) is 2.12. The van der Waals surface area contributed by atoms with Crippen LogP contribution < -0.4 is 5.73 Å². The first-order valence-electron chi connectivity index (χ1n) is 5.34. The molecule has 2 atom stereocenters. The average molecular weight is 195 g/mol. The smallest absolute Gasteiger partial charge is 0.226 e. The van der Waals surface area contributed by atoms with Gasteiger partial charge in [0.1, 0.15) is 0 Å². The van der Waals surface area contributed by atoms with Gasteiger partial charge in [0.15, 0.2) is 5.82 Å². The average Bonchev–Trinajstić information content (AvgIpc) is 2.74. The molecule has 2 unspecified atom stereocenters. The van der Waals surface area contributed by atoms with Crippen molar-refractivity contribution in [2.75, 3.05) is 6.54 Å². The van der Waals surface area contributed by atoms with Crippen molar-refractivity contribution in [3.63, 3.8) is 0 Å². The molecule has 1 aromatic heterocycles. The number of aromatic nitrogens is 2. The lowest BCUT2D eigenvalue weighted by molar-refractivity contribution is 0.369. The SMILES string of the molecule is CC1CC1c1noc(CCCCN)n1. The molecule has 0 radical (unpaired) electrons. The Morgan fingerprint density at radius 2 is 2.29 bits per heavy atom. The molecule has 0 aromatic carbocycles. The van der Waals surface area contributed by atoms with Crippen molar-refractivity contribution in [3.05, 3.63) is 11.7 Å². The highest BCUT2D eigenvalue weighted by Gasteiger charge is 2.37. The predicted molar refractivity (Wildman–Crippen MR) is 52.8 cm³/mol. The minimum absolute atomic E-state index is 0.557. The van der Waals surface area contributed by atoms with Gasteiger partial charge in [-0.1, -0.05) is 12.1 Å². The number of rotatable bonds is 5. The van der Waals surface area contributed by atoms with E-state index in [9.17, 15) is 0 Å². The zero-order chi connectivity index (χ0) is 9.97. The van der Waals surface area contributed by atoms with Crippen LogP contribution >= 0.6 is 0 Å². The number of hydrogen-bond acceptors (Lipinski definition) is 4. The van der Waals surface area contributed by atoms with E-state index in [1.165, 1.54) is 6.42 Å². The van der Waals surface area contributed by atoms with Crippen molar-refractivity contribution in [1.29, 1.82) is 0 Å². The standard InChI is InChI=1S/C10H17N3O/c1-7-6-8(7)10-12-9(14-13-10)4-2-3-5-11/h7-8H,2-6,11H2,1H3. The van der Waals surface area contributed by atoms with Crippen LogP contribution in [0.15, 0.2) is 4.52 Å². The van der Waals surface area contributed by atoms with Gasteiger partial charge in [0.2, 0.25) is 5.89 Å². The molecule has 1 aliphatic rings. The summed E-state index contributed by atoms with van der Waals surface area (Å²) in [7, 11) is 0. The first kappa shape index (κ1) is 9.65. The van der Waals surface area contributed by atoms with Gasteiger partial charge in [0.25, 0.3) is 0 Å². The molecule has 2 N–H and O–H groups in total. The molecular weight excluding hydrogens is 178 g/mol. The zero-order valence-electron chi connectivity index (χ0n) is 8.57. The quantitative estimate of drug-likeness (QED) is 0.723. The maximum atomic E-state index is 5.41. The Labute approximate surface area is 83.9 Å². The molecule has 0 aliphatic heterocycles. The number of aryl methyl sites for hydroxylation is 1. The van der Waals surface area contributed by atoms with Crippen LogP contribution in [0.25, 0.3) is 0 Å². The Morgan fingerprint density at radius 1 is 1.50 bits per heavy atom. The van der Waals surface area contributed by atoms with Gasteiger partial charge < -0.3 is 10.3 Å². The Morgan fingerprint density at radius 3 is 2.93 bits per heavy atom. The normalized spacial score (nSPS) is 25.3. The highest BCUT2D eigenvalue weighted by atomic mass is 16.5. The number of unbranched alkanes of at least 4 members (excludes halogenated alkanes) is 1. The van der Waals surface area contributed by atoms with Gasteiger partial charge in [-0.15, -0.1) is 0 Å². The van der Waals surface area contributed by atoms with Crippen LogP contribution in [0.4, 0.5) is 0 Å². The van der Waals surface area contributed by atoms with E-state index in [4.69, 9.17) is 10.3 Å². The van der Waals surface area contributed by atoms with E-state index in [1.807, 2.05) is 0 Å².